The summed E-state index contributed by atoms with van der Waals surface area (Å²) in [5.74, 6) is 5.33. The van der Waals surface area contributed by atoms with Crippen LogP contribution in [0.5, 0.6) is 0 Å². The molecule has 14 aliphatic rings. The van der Waals surface area contributed by atoms with Crippen LogP contribution in [0.25, 0.3) is 24.3 Å². The number of halogens is 3. The molecule has 0 aromatic carbocycles. The van der Waals surface area contributed by atoms with Crippen LogP contribution in [0.1, 0.15) is 182 Å². The average molecular weight is 1820 g/mol. The quantitative estimate of drug-likeness (QED) is 0.0580. The highest BCUT2D eigenvalue weighted by Crippen LogP contribution is 2.49. The van der Waals surface area contributed by atoms with Gasteiger partial charge in [-0.15, -0.1) is 0 Å². The van der Waals surface area contributed by atoms with Gasteiger partial charge in [0, 0.05) is 240 Å². The normalized spacial score (nSPS) is 23.9. The van der Waals surface area contributed by atoms with Crippen molar-refractivity contribution in [3.63, 3.8) is 0 Å². The van der Waals surface area contributed by atoms with Crippen molar-refractivity contribution in [2.24, 2.45) is 23.7 Å². The third-order valence-corrected chi connectivity index (χ3v) is 30.6. The SMILES string of the molecule is CNC(=O)C1CCN(c2ncnc3c2CN(c2cc(Cl)nc4c2C=CC4)[C@H](C)C3)CC1.C[C@@H]1Cc2ncnc(N3CC4CCC(C3)C4NS(C)(=O)=O)c2CN1c1ccnc2c1C=CC2.C[C@@H]1Cc2ncnc(N3CCC(O)(C4CC4)CC3)c2CN1c1cc(Cl)nc2c1C=CC2.C[C@@H]1Cc2ncnc([N+]3=CCC(NS(C)(=O)=O)CC3)c2CN1c1cc(Cl)nc2c1C=CC2. The van der Waals surface area contributed by atoms with Gasteiger partial charge in [-0.3, -0.25) is 9.78 Å². The summed E-state index contributed by atoms with van der Waals surface area (Å²) in [4.78, 5) is 84.1. The number of hydrogen-bond donors (Lipinski definition) is 4. The Hall–Kier alpha value is -9.73. The smallest absolute Gasteiger partial charge is 0.331 e. The van der Waals surface area contributed by atoms with Crippen LogP contribution in [0.15, 0.2) is 80.1 Å². The molecule has 0 spiro atoms. The molecular formula is C93H111Cl3N23O6S2+. The van der Waals surface area contributed by atoms with Gasteiger partial charge in [0.2, 0.25) is 32.3 Å². The lowest BCUT2D eigenvalue weighted by Gasteiger charge is -2.42. The zero-order chi connectivity index (χ0) is 87.9. The minimum atomic E-state index is -3.22. The fourth-order valence-corrected chi connectivity index (χ4v) is 24.2. The second-order valence-corrected chi connectivity index (χ2v) is 41.7. The molecule has 2 saturated carbocycles. The van der Waals surface area contributed by atoms with Crippen LogP contribution >= 0.6 is 34.8 Å². The number of anilines is 7. The molecule has 8 aromatic heterocycles. The van der Waals surface area contributed by atoms with Crippen molar-refractivity contribution in [1.82, 2.24) is 74.6 Å². The molecule has 666 valence electrons. The monoisotopic (exact) mass is 1810 g/mol. The fraction of sp³-hybridized carbons (Fsp3) is 0.505. The maximum absolute atomic E-state index is 12.0. The van der Waals surface area contributed by atoms with Crippen molar-refractivity contribution in [1.29, 1.82) is 0 Å². The van der Waals surface area contributed by atoms with E-state index in [1.807, 2.05) is 30.6 Å². The molecule has 0 radical (unpaired) electrons. The first-order valence-corrected chi connectivity index (χ1v) is 50.0. The van der Waals surface area contributed by atoms with Crippen LogP contribution < -0.4 is 49.1 Å². The molecule has 7 atom stereocenters. The largest absolute Gasteiger partial charge is 0.389 e. The molecule has 4 N–H and O–H groups in total. The van der Waals surface area contributed by atoms with Gasteiger partial charge in [0.15, 0.2) is 0 Å². The van der Waals surface area contributed by atoms with E-state index in [-0.39, 0.29) is 30.0 Å². The Balaban J connectivity index is 0.000000110. The number of fused-ring (bicyclic) bond motifs is 10. The number of rotatable bonds is 14. The zero-order valence-corrected chi connectivity index (χ0v) is 77.0. The third kappa shape index (κ3) is 18.0. The Kier molecular flexibility index (Phi) is 24.3. The molecule has 16 heterocycles. The van der Waals surface area contributed by atoms with Crippen molar-refractivity contribution in [3.05, 3.63) is 186 Å². The Morgan fingerprint density at radius 2 is 0.890 bits per heavy atom. The lowest BCUT2D eigenvalue weighted by molar-refractivity contribution is -0.447. The molecule has 29 nitrogen and oxygen atoms in total. The van der Waals surface area contributed by atoms with E-state index in [0.29, 0.717) is 70.8 Å². The molecule has 3 saturated heterocycles. The maximum Gasteiger partial charge on any atom is 0.331 e. The number of aliphatic hydroxyl groups is 1. The van der Waals surface area contributed by atoms with Gasteiger partial charge in [0.1, 0.15) is 51.9 Å². The summed E-state index contributed by atoms with van der Waals surface area (Å²) in [6.45, 7) is 17.6. The summed E-state index contributed by atoms with van der Waals surface area (Å²) in [7, 11) is -4.71. The van der Waals surface area contributed by atoms with Gasteiger partial charge in [0.05, 0.1) is 88.5 Å². The maximum atomic E-state index is 12.0. The number of carbonyl (C=O) groups excluding carboxylic acids is 1. The molecule has 6 aliphatic carbocycles. The molecule has 1 amide bonds. The van der Waals surface area contributed by atoms with Gasteiger partial charge in [-0.2, -0.15) is 0 Å². The number of allylic oxidation sites excluding steroid dienone is 4. The fourth-order valence-electron chi connectivity index (χ4n) is 21.9. The van der Waals surface area contributed by atoms with Crippen LogP contribution in [-0.4, -0.2) is 206 Å². The second kappa shape index (κ2) is 35.6. The lowest BCUT2D eigenvalue weighted by Crippen LogP contribution is -2.53. The summed E-state index contributed by atoms with van der Waals surface area (Å²) in [5, 5.41) is 15.3. The van der Waals surface area contributed by atoms with Crippen LogP contribution in [0.2, 0.25) is 15.5 Å². The summed E-state index contributed by atoms with van der Waals surface area (Å²) in [6, 6.07) is 9.22. The van der Waals surface area contributed by atoms with Gasteiger partial charge >= 0.3 is 5.82 Å². The minimum Gasteiger partial charge on any atom is -0.389 e. The number of nitrogens with zero attached hydrogens (tertiary/aromatic N) is 20. The third-order valence-electron chi connectivity index (χ3n) is 28.5. The summed E-state index contributed by atoms with van der Waals surface area (Å²) in [5.41, 5.74) is 22.3. The summed E-state index contributed by atoms with van der Waals surface area (Å²) in [6.07, 6.45) is 46.4. The molecule has 3 unspecified atom stereocenters. The standard InChI is InChI=1S/C24H28ClN5O.C24H30N6O2S.C23H27ClN6O.C22H26ClN6O2S/c1-15-11-20-18(13-30(15)21-12-22(25)28-19-4-2-3-17(19)21)23(27-14-26-20)29-9-7-24(31,8-10-29)16-5-6-16;1-15-10-21-19(13-30(15)22-8-9-25-20-5-3-4-18(20)22)24(27-14-26-21)29-11-16-6-7-17(12-29)23(16)28-33(2,31)32;1-14-10-19-17(12-30(14)20-11-21(24)28-18-5-3-4-16(18)20)22(27-13-26-19)29-8-6-15(7-9-29)23(31)25-2;1-14-10-19-17(12-29(14)20-11-21(23)26-18-5-3-4-16(18)20)22(25-13-24-19)28-8-6-15(7-9-28)27-32(2,30)31/h2-3,12,14-16,31H,4-11,13H2,1H3;3-4,8-9,14-17,23,28H,5-7,10-13H2,1-2H3;3-4,11,13-15H,5-10,12H2,1-2H3,(H,25,31);3-4,8,11,13-15,27H,5-7,9-10,12H2,1-2H3/q;;;+1/t15-;15-,16?,17?,23?;14-;14-,15?/m1111/s1. The number of amides is 1. The number of hydrogen-bond acceptors (Lipinski definition) is 25. The van der Waals surface area contributed by atoms with Crippen molar-refractivity contribution < 1.29 is 31.3 Å². The van der Waals surface area contributed by atoms with Crippen molar-refractivity contribution in [2.75, 3.05) is 99.7 Å². The molecule has 8 aromatic rings. The first-order valence-electron chi connectivity index (χ1n) is 45.1. The Morgan fingerprint density at radius 1 is 0.480 bits per heavy atom. The van der Waals surface area contributed by atoms with Crippen LogP contribution in [0, 0.1) is 23.7 Å². The molecule has 127 heavy (non-hydrogen) atoms. The first-order chi connectivity index (χ1) is 61.2. The van der Waals surface area contributed by atoms with Gasteiger partial charge in [-0.05, 0) is 126 Å². The summed E-state index contributed by atoms with van der Waals surface area (Å²) < 4.78 is 54.6. The first kappa shape index (κ1) is 86.6. The molecule has 34 heteroatoms. The Labute approximate surface area is 758 Å². The second-order valence-electron chi connectivity index (χ2n) is 37.0. The predicted octanol–water partition coefficient (Wildman–Crippen LogP) is 11.4. The zero-order valence-electron chi connectivity index (χ0n) is 73.1. The summed E-state index contributed by atoms with van der Waals surface area (Å²) >= 11 is 19.1. The van der Waals surface area contributed by atoms with Gasteiger partial charge < -0.3 is 44.7 Å². The Bertz CT molecular complexity index is 6000. The van der Waals surface area contributed by atoms with Gasteiger partial charge in [-0.25, -0.2) is 80.7 Å². The lowest BCUT2D eigenvalue weighted by atomic mass is 9.86. The van der Waals surface area contributed by atoms with Crippen LogP contribution in [0.4, 0.5) is 46.0 Å². The average Bonchev–Trinajstić information content (AvgIpc) is 1.76. The number of aromatic nitrogens is 12. The number of sulfonamides is 2. The number of piperidine rings is 3. The highest BCUT2D eigenvalue weighted by molar-refractivity contribution is 7.89. The highest BCUT2D eigenvalue weighted by Gasteiger charge is 2.48. The van der Waals surface area contributed by atoms with Gasteiger partial charge in [-0.1, -0.05) is 83.4 Å². The van der Waals surface area contributed by atoms with Crippen molar-refractivity contribution in [2.45, 2.75) is 211 Å². The van der Waals surface area contributed by atoms with Crippen LogP contribution in [-0.2, 0) is 102 Å². The van der Waals surface area contributed by atoms with E-state index >= 15 is 0 Å². The van der Waals surface area contributed by atoms with E-state index in [1.54, 1.807) is 32.4 Å². The van der Waals surface area contributed by atoms with E-state index in [0.717, 1.165) is 252 Å². The van der Waals surface area contributed by atoms with E-state index in [9.17, 15) is 26.7 Å². The van der Waals surface area contributed by atoms with E-state index in [1.165, 1.54) is 64.4 Å². The number of nitrogens with one attached hydrogen (secondary N) is 3. The molecule has 8 aliphatic heterocycles. The topological polar surface area (TPSA) is 322 Å². The molecular weight excluding hydrogens is 1710 g/mol. The molecule has 5 fully saturated rings. The van der Waals surface area contributed by atoms with E-state index in [4.69, 9.17) is 44.8 Å². The Morgan fingerprint density at radius 3 is 1.32 bits per heavy atom. The van der Waals surface area contributed by atoms with E-state index < -0.39 is 25.6 Å². The highest BCUT2D eigenvalue weighted by atomic mass is 35.5. The minimum absolute atomic E-state index is 0.0385. The van der Waals surface area contributed by atoms with Crippen molar-refractivity contribution >= 4 is 137 Å². The number of pyridine rings is 4. The molecule has 2 bridgehead atoms. The van der Waals surface area contributed by atoms with Crippen molar-refractivity contribution in [3.8, 4) is 0 Å². The van der Waals surface area contributed by atoms with Crippen LogP contribution in [0.3, 0.4) is 0 Å². The predicted molar refractivity (Wildman–Crippen MR) is 499 cm³/mol. The number of carbonyl (C=O) groups is 1. The molecule has 22 rings (SSSR count). The van der Waals surface area contributed by atoms with E-state index in [2.05, 4.69) is 186 Å². The van der Waals surface area contributed by atoms with Gasteiger partial charge in [0.25, 0.3) is 0 Å².